The summed E-state index contributed by atoms with van der Waals surface area (Å²) in [7, 11) is 0. The van der Waals surface area contributed by atoms with Crippen LogP contribution in [0.4, 0.5) is 4.79 Å². The van der Waals surface area contributed by atoms with Gasteiger partial charge in [-0.3, -0.25) is 4.90 Å². The Balaban J connectivity index is 1.28. The summed E-state index contributed by atoms with van der Waals surface area (Å²) >= 11 is 0. The Hall–Kier alpha value is -1.59. The van der Waals surface area contributed by atoms with Gasteiger partial charge in [-0.15, -0.1) is 0 Å². The molecule has 1 unspecified atom stereocenters. The van der Waals surface area contributed by atoms with Crippen molar-refractivity contribution < 1.29 is 9.53 Å². The first-order chi connectivity index (χ1) is 12.1. The van der Waals surface area contributed by atoms with Crippen LogP contribution >= 0.6 is 0 Å². The third-order valence-electron chi connectivity index (χ3n) is 6.09. The van der Waals surface area contributed by atoms with Crippen LogP contribution in [0, 0.1) is 5.41 Å². The summed E-state index contributed by atoms with van der Waals surface area (Å²) in [6.45, 7) is 11.7. The van der Waals surface area contributed by atoms with Crippen molar-refractivity contribution in [3.05, 3.63) is 35.4 Å². The lowest BCUT2D eigenvalue weighted by Crippen LogP contribution is -2.73. The number of likely N-dealkylation sites (tertiary alicyclic amines) is 2. The van der Waals surface area contributed by atoms with Gasteiger partial charge in [0.2, 0.25) is 0 Å². The van der Waals surface area contributed by atoms with E-state index in [1.165, 1.54) is 11.1 Å². The first-order valence-electron chi connectivity index (χ1n) is 9.71. The molecular formula is C21H31N3O2. The minimum Gasteiger partial charge on any atom is -0.444 e. The number of nitrogens with two attached hydrogens (primary N) is 1. The van der Waals surface area contributed by atoms with Crippen molar-refractivity contribution in [2.75, 3.05) is 26.2 Å². The van der Waals surface area contributed by atoms with Crippen LogP contribution in [-0.4, -0.2) is 47.7 Å². The first-order valence-corrected chi connectivity index (χ1v) is 9.71. The smallest absolute Gasteiger partial charge is 0.410 e. The zero-order valence-electron chi connectivity index (χ0n) is 16.4. The molecule has 1 aromatic rings. The molecule has 0 radical (unpaired) electrons. The summed E-state index contributed by atoms with van der Waals surface area (Å²) in [5, 5.41) is 0. The zero-order valence-corrected chi connectivity index (χ0v) is 16.4. The van der Waals surface area contributed by atoms with Crippen LogP contribution in [0.25, 0.3) is 0 Å². The van der Waals surface area contributed by atoms with Gasteiger partial charge in [-0.25, -0.2) is 4.79 Å². The van der Waals surface area contributed by atoms with E-state index in [0.29, 0.717) is 6.04 Å². The van der Waals surface area contributed by atoms with Crippen LogP contribution in [0.2, 0.25) is 0 Å². The minimum atomic E-state index is -0.422. The van der Waals surface area contributed by atoms with Gasteiger partial charge in [-0.05, 0) is 51.7 Å². The number of nitrogens with zero attached hydrogens (tertiary/aromatic N) is 2. The average Bonchev–Trinajstić information content (AvgIpc) is 3.21. The number of carbonyl (C=O) groups is 1. The van der Waals surface area contributed by atoms with Crippen molar-refractivity contribution in [2.24, 2.45) is 11.1 Å². The summed E-state index contributed by atoms with van der Waals surface area (Å²) in [5.41, 5.74) is 8.68. The third kappa shape index (κ3) is 3.23. The molecule has 1 amide bonds. The molecule has 1 aromatic carbocycles. The molecule has 5 heteroatoms. The van der Waals surface area contributed by atoms with Crippen LogP contribution in [0.5, 0.6) is 0 Å². The quantitative estimate of drug-likeness (QED) is 0.902. The average molecular weight is 357 g/mol. The molecule has 142 valence electrons. The second kappa shape index (κ2) is 5.70. The van der Waals surface area contributed by atoms with Crippen LogP contribution < -0.4 is 5.73 Å². The van der Waals surface area contributed by atoms with E-state index in [1.54, 1.807) is 0 Å². The highest BCUT2D eigenvalue weighted by molar-refractivity contribution is 5.69. The standard InChI is InChI=1S/C21H31N3O2/c1-15(16-5-7-17(8-6-16)21(22)9-10-21)23-11-20(12-23)13-24(14-20)18(25)26-19(2,3)4/h5-8,15H,9-14,22H2,1-4H3. The van der Waals surface area contributed by atoms with E-state index in [2.05, 4.69) is 36.1 Å². The fourth-order valence-corrected chi connectivity index (χ4v) is 4.24. The molecule has 1 saturated carbocycles. The van der Waals surface area contributed by atoms with Crippen LogP contribution in [0.1, 0.15) is 57.7 Å². The van der Waals surface area contributed by atoms with E-state index in [-0.39, 0.29) is 17.0 Å². The molecule has 1 spiro atoms. The van der Waals surface area contributed by atoms with E-state index in [0.717, 1.165) is 39.0 Å². The number of rotatable bonds is 3. The number of benzene rings is 1. The number of amides is 1. The summed E-state index contributed by atoms with van der Waals surface area (Å²) in [6.07, 6.45) is 2.02. The van der Waals surface area contributed by atoms with Gasteiger partial charge in [-0.1, -0.05) is 24.3 Å². The predicted octanol–water partition coefficient (Wildman–Crippen LogP) is 3.25. The maximum absolute atomic E-state index is 12.1. The van der Waals surface area contributed by atoms with Crippen molar-refractivity contribution in [1.29, 1.82) is 0 Å². The van der Waals surface area contributed by atoms with Crippen molar-refractivity contribution in [3.63, 3.8) is 0 Å². The van der Waals surface area contributed by atoms with Crippen LogP contribution in [0.3, 0.4) is 0 Å². The van der Waals surface area contributed by atoms with Gasteiger partial charge in [0, 0.05) is 43.2 Å². The van der Waals surface area contributed by atoms with Gasteiger partial charge in [-0.2, -0.15) is 0 Å². The van der Waals surface area contributed by atoms with Crippen LogP contribution in [-0.2, 0) is 10.3 Å². The molecule has 0 aromatic heterocycles. The summed E-state index contributed by atoms with van der Waals surface area (Å²) < 4.78 is 5.45. The van der Waals surface area contributed by atoms with E-state index in [4.69, 9.17) is 10.5 Å². The molecule has 0 bridgehead atoms. The monoisotopic (exact) mass is 357 g/mol. The molecule has 2 saturated heterocycles. The van der Waals surface area contributed by atoms with Crippen molar-refractivity contribution >= 4 is 6.09 Å². The van der Waals surface area contributed by atoms with Crippen molar-refractivity contribution in [1.82, 2.24) is 9.80 Å². The Bertz CT molecular complexity index is 689. The molecule has 3 aliphatic rings. The van der Waals surface area contributed by atoms with E-state index >= 15 is 0 Å². The second-order valence-corrected chi connectivity index (χ2v) is 9.70. The lowest BCUT2D eigenvalue weighted by Gasteiger charge is -2.61. The molecule has 1 atom stereocenters. The topological polar surface area (TPSA) is 58.8 Å². The fourth-order valence-electron chi connectivity index (χ4n) is 4.24. The number of ether oxygens (including phenoxy) is 1. The van der Waals surface area contributed by atoms with Gasteiger partial charge < -0.3 is 15.4 Å². The summed E-state index contributed by atoms with van der Waals surface area (Å²) in [6, 6.07) is 9.25. The largest absolute Gasteiger partial charge is 0.444 e. The van der Waals surface area contributed by atoms with E-state index in [9.17, 15) is 4.79 Å². The first kappa shape index (κ1) is 17.8. The number of hydrogen-bond donors (Lipinski definition) is 1. The minimum absolute atomic E-state index is 0.0559. The highest BCUT2D eigenvalue weighted by atomic mass is 16.6. The van der Waals surface area contributed by atoms with E-state index < -0.39 is 5.60 Å². The normalized spacial score (nSPS) is 24.6. The van der Waals surface area contributed by atoms with Gasteiger partial charge in [0.15, 0.2) is 0 Å². The Morgan fingerprint density at radius 3 is 2.19 bits per heavy atom. The Morgan fingerprint density at radius 2 is 1.69 bits per heavy atom. The lowest BCUT2D eigenvalue weighted by atomic mass is 9.72. The number of carbonyl (C=O) groups excluding carboxylic acids is 1. The van der Waals surface area contributed by atoms with Crippen molar-refractivity contribution in [2.45, 2.75) is 57.7 Å². The summed E-state index contributed by atoms with van der Waals surface area (Å²) in [5.74, 6) is 0. The maximum Gasteiger partial charge on any atom is 0.410 e. The molecule has 2 heterocycles. The fraction of sp³-hybridized carbons (Fsp3) is 0.667. The van der Waals surface area contributed by atoms with Gasteiger partial charge in [0.05, 0.1) is 0 Å². The number of hydrogen-bond acceptors (Lipinski definition) is 4. The molecule has 2 N–H and O–H groups in total. The van der Waals surface area contributed by atoms with Gasteiger partial charge >= 0.3 is 6.09 Å². The molecule has 4 rings (SSSR count). The van der Waals surface area contributed by atoms with E-state index in [1.807, 2.05) is 25.7 Å². The zero-order chi connectivity index (χ0) is 18.7. The Morgan fingerprint density at radius 1 is 1.12 bits per heavy atom. The molecular weight excluding hydrogens is 326 g/mol. The Kier molecular flexibility index (Phi) is 3.90. The molecule has 3 fully saturated rings. The highest BCUT2D eigenvalue weighted by Gasteiger charge is 2.54. The Labute approximate surface area is 156 Å². The molecule has 26 heavy (non-hydrogen) atoms. The SMILES string of the molecule is CC(c1ccc(C2(N)CC2)cc1)N1CC2(CN(C(=O)OC(C)(C)C)C2)C1. The van der Waals surface area contributed by atoms with Crippen molar-refractivity contribution in [3.8, 4) is 0 Å². The van der Waals surface area contributed by atoms with Gasteiger partial charge in [0.1, 0.15) is 5.60 Å². The maximum atomic E-state index is 12.1. The lowest BCUT2D eigenvalue weighted by molar-refractivity contribution is -0.125. The molecule has 1 aliphatic carbocycles. The summed E-state index contributed by atoms with van der Waals surface area (Å²) in [4.78, 5) is 16.4. The van der Waals surface area contributed by atoms with Gasteiger partial charge in [0.25, 0.3) is 0 Å². The molecule has 5 nitrogen and oxygen atoms in total. The second-order valence-electron chi connectivity index (χ2n) is 9.70. The third-order valence-corrected chi connectivity index (χ3v) is 6.09. The highest BCUT2D eigenvalue weighted by Crippen LogP contribution is 2.45. The predicted molar refractivity (Wildman–Crippen MR) is 102 cm³/mol. The molecule has 2 aliphatic heterocycles. The van der Waals surface area contributed by atoms with Crippen LogP contribution in [0.15, 0.2) is 24.3 Å².